The van der Waals surface area contributed by atoms with Crippen molar-refractivity contribution in [2.75, 3.05) is 13.2 Å². The number of nitrogens with two attached hydrogens (primary N) is 1. The Bertz CT molecular complexity index is 301. The summed E-state index contributed by atoms with van der Waals surface area (Å²) >= 11 is 0. The molecule has 0 radical (unpaired) electrons. The maximum atomic E-state index is 13.0. The van der Waals surface area contributed by atoms with Crippen molar-refractivity contribution < 1.29 is 9.13 Å². The van der Waals surface area contributed by atoms with Gasteiger partial charge in [-0.25, -0.2) is 4.39 Å². The van der Waals surface area contributed by atoms with Crippen LogP contribution in [0.3, 0.4) is 0 Å². The van der Waals surface area contributed by atoms with Crippen LogP contribution >= 0.6 is 0 Å². The van der Waals surface area contributed by atoms with Crippen molar-refractivity contribution >= 4 is 0 Å². The lowest BCUT2D eigenvalue weighted by Crippen LogP contribution is -2.11. The van der Waals surface area contributed by atoms with Gasteiger partial charge in [-0.3, -0.25) is 0 Å². The SMILES string of the molecule is Cc1cc(C(C)OCCN)ccc1F. The lowest BCUT2D eigenvalue weighted by atomic mass is 10.1. The van der Waals surface area contributed by atoms with Gasteiger partial charge in [0.05, 0.1) is 12.7 Å². The van der Waals surface area contributed by atoms with Gasteiger partial charge in [0.15, 0.2) is 0 Å². The van der Waals surface area contributed by atoms with E-state index < -0.39 is 0 Å². The first-order valence-electron chi connectivity index (χ1n) is 4.73. The summed E-state index contributed by atoms with van der Waals surface area (Å²) in [5.41, 5.74) is 6.95. The summed E-state index contributed by atoms with van der Waals surface area (Å²) in [5, 5.41) is 0. The summed E-state index contributed by atoms with van der Waals surface area (Å²) in [6.45, 7) is 4.71. The van der Waals surface area contributed by atoms with Gasteiger partial charge in [-0.2, -0.15) is 0 Å². The maximum Gasteiger partial charge on any atom is 0.126 e. The van der Waals surface area contributed by atoms with E-state index in [-0.39, 0.29) is 11.9 Å². The number of rotatable bonds is 4. The van der Waals surface area contributed by atoms with Crippen LogP contribution in [0.25, 0.3) is 0 Å². The van der Waals surface area contributed by atoms with Gasteiger partial charge in [0.25, 0.3) is 0 Å². The smallest absolute Gasteiger partial charge is 0.126 e. The second-order valence-corrected chi connectivity index (χ2v) is 3.31. The number of benzene rings is 1. The molecule has 2 nitrogen and oxygen atoms in total. The second kappa shape index (κ2) is 5.08. The summed E-state index contributed by atoms with van der Waals surface area (Å²) in [7, 11) is 0. The van der Waals surface area contributed by atoms with Gasteiger partial charge in [0.1, 0.15) is 5.82 Å². The van der Waals surface area contributed by atoms with E-state index >= 15 is 0 Å². The minimum Gasteiger partial charge on any atom is -0.373 e. The van der Waals surface area contributed by atoms with E-state index in [1.54, 1.807) is 19.1 Å². The van der Waals surface area contributed by atoms with Gasteiger partial charge in [0, 0.05) is 6.54 Å². The number of aryl methyl sites for hydroxylation is 1. The summed E-state index contributed by atoms with van der Waals surface area (Å²) < 4.78 is 18.4. The average Bonchev–Trinajstić information content (AvgIpc) is 2.18. The molecule has 0 aromatic heterocycles. The van der Waals surface area contributed by atoms with E-state index in [2.05, 4.69) is 0 Å². The fraction of sp³-hybridized carbons (Fsp3) is 0.455. The molecule has 1 rings (SSSR count). The van der Waals surface area contributed by atoms with Crippen molar-refractivity contribution in [3.63, 3.8) is 0 Å². The molecular weight excluding hydrogens is 181 g/mol. The molecule has 0 aliphatic carbocycles. The third-order valence-electron chi connectivity index (χ3n) is 2.14. The van der Waals surface area contributed by atoms with Gasteiger partial charge in [-0.05, 0) is 31.0 Å². The van der Waals surface area contributed by atoms with E-state index in [4.69, 9.17) is 10.5 Å². The molecule has 0 heterocycles. The first-order chi connectivity index (χ1) is 6.65. The van der Waals surface area contributed by atoms with Crippen molar-refractivity contribution in [2.45, 2.75) is 20.0 Å². The molecule has 0 amide bonds. The third kappa shape index (κ3) is 2.79. The predicted octanol–water partition coefficient (Wildman–Crippen LogP) is 2.17. The van der Waals surface area contributed by atoms with Gasteiger partial charge >= 0.3 is 0 Å². The molecule has 2 N–H and O–H groups in total. The first kappa shape index (κ1) is 11.1. The van der Waals surface area contributed by atoms with Crippen LogP contribution in [-0.2, 0) is 4.74 Å². The van der Waals surface area contributed by atoms with Crippen molar-refractivity contribution in [1.82, 2.24) is 0 Å². The monoisotopic (exact) mass is 197 g/mol. The predicted molar refractivity (Wildman–Crippen MR) is 54.6 cm³/mol. The molecule has 1 aromatic rings. The van der Waals surface area contributed by atoms with E-state index in [1.165, 1.54) is 6.07 Å². The molecule has 3 heteroatoms. The second-order valence-electron chi connectivity index (χ2n) is 3.31. The average molecular weight is 197 g/mol. The molecule has 0 saturated heterocycles. The van der Waals surface area contributed by atoms with Crippen LogP contribution < -0.4 is 5.73 Å². The lowest BCUT2D eigenvalue weighted by molar-refractivity contribution is 0.0717. The van der Waals surface area contributed by atoms with E-state index in [0.29, 0.717) is 18.7 Å². The molecule has 0 fully saturated rings. The molecule has 0 spiro atoms. The molecule has 1 atom stereocenters. The standard InChI is InChI=1S/C11H16FNO/c1-8-7-10(3-4-11(8)12)9(2)14-6-5-13/h3-4,7,9H,5-6,13H2,1-2H3. The Morgan fingerprint density at radius 1 is 1.50 bits per heavy atom. The number of hydrogen-bond donors (Lipinski definition) is 1. The topological polar surface area (TPSA) is 35.2 Å². The van der Waals surface area contributed by atoms with Crippen LogP contribution in [0, 0.1) is 12.7 Å². The largest absolute Gasteiger partial charge is 0.373 e. The van der Waals surface area contributed by atoms with Crippen LogP contribution in [0.2, 0.25) is 0 Å². The fourth-order valence-corrected chi connectivity index (χ4v) is 1.26. The molecule has 0 bridgehead atoms. The first-order valence-corrected chi connectivity index (χ1v) is 4.73. The molecule has 0 saturated carbocycles. The molecular formula is C11H16FNO. The van der Waals surface area contributed by atoms with Gasteiger partial charge in [-0.15, -0.1) is 0 Å². The molecule has 0 aliphatic heterocycles. The molecule has 1 aromatic carbocycles. The fourth-order valence-electron chi connectivity index (χ4n) is 1.26. The van der Waals surface area contributed by atoms with E-state index in [1.807, 2.05) is 6.92 Å². The van der Waals surface area contributed by atoms with Gasteiger partial charge in [-0.1, -0.05) is 12.1 Å². The van der Waals surface area contributed by atoms with Crippen LogP contribution in [0.4, 0.5) is 4.39 Å². The van der Waals surface area contributed by atoms with Crippen LogP contribution in [0.1, 0.15) is 24.2 Å². The highest BCUT2D eigenvalue weighted by atomic mass is 19.1. The number of hydrogen-bond acceptors (Lipinski definition) is 2. The van der Waals surface area contributed by atoms with Gasteiger partial charge < -0.3 is 10.5 Å². The zero-order chi connectivity index (χ0) is 10.6. The van der Waals surface area contributed by atoms with Crippen molar-refractivity contribution in [1.29, 1.82) is 0 Å². The quantitative estimate of drug-likeness (QED) is 0.802. The van der Waals surface area contributed by atoms with Crippen molar-refractivity contribution in [3.8, 4) is 0 Å². The molecule has 14 heavy (non-hydrogen) atoms. The number of ether oxygens (including phenoxy) is 1. The third-order valence-corrected chi connectivity index (χ3v) is 2.14. The van der Waals surface area contributed by atoms with Crippen LogP contribution in [-0.4, -0.2) is 13.2 Å². The van der Waals surface area contributed by atoms with Crippen molar-refractivity contribution in [3.05, 3.63) is 35.1 Å². The zero-order valence-electron chi connectivity index (χ0n) is 8.59. The van der Waals surface area contributed by atoms with Crippen LogP contribution in [0.5, 0.6) is 0 Å². The Balaban J connectivity index is 2.70. The summed E-state index contributed by atoms with van der Waals surface area (Å²) in [6, 6.07) is 5.01. The highest BCUT2D eigenvalue weighted by molar-refractivity contribution is 5.25. The Labute approximate surface area is 83.9 Å². The Kier molecular flexibility index (Phi) is 4.04. The molecule has 78 valence electrons. The summed E-state index contributed by atoms with van der Waals surface area (Å²) in [4.78, 5) is 0. The molecule has 0 aliphatic rings. The lowest BCUT2D eigenvalue weighted by Gasteiger charge is -2.13. The van der Waals surface area contributed by atoms with E-state index in [0.717, 1.165) is 5.56 Å². The Morgan fingerprint density at radius 2 is 2.21 bits per heavy atom. The summed E-state index contributed by atoms with van der Waals surface area (Å²) in [5.74, 6) is -0.181. The minimum absolute atomic E-state index is 0.0298. The van der Waals surface area contributed by atoms with E-state index in [9.17, 15) is 4.39 Å². The molecule has 1 unspecified atom stereocenters. The Morgan fingerprint density at radius 3 is 2.79 bits per heavy atom. The summed E-state index contributed by atoms with van der Waals surface area (Å²) in [6.07, 6.45) is -0.0298. The van der Waals surface area contributed by atoms with Crippen LogP contribution in [0.15, 0.2) is 18.2 Å². The Hall–Kier alpha value is -0.930. The number of halogens is 1. The highest BCUT2D eigenvalue weighted by Gasteiger charge is 2.06. The highest BCUT2D eigenvalue weighted by Crippen LogP contribution is 2.19. The maximum absolute atomic E-state index is 13.0. The van der Waals surface area contributed by atoms with Gasteiger partial charge in [0.2, 0.25) is 0 Å². The van der Waals surface area contributed by atoms with Crippen molar-refractivity contribution in [2.24, 2.45) is 5.73 Å². The zero-order valence-corrected chi connectivity index (χ0v) is 8.59. The normalized spacial score (nSPS) is 12.9. The minimum atomic E-state index is -0.181.